The lowest BCUT2D eigenvalue weighted by atomic mass is 10.1. The minimum atomic E-state index is 0.824. The number of rotatable bonds is 5. The average Bonchev–Trinajstić information content (AvgIpc) is 3.65. The van der Waals surface area contributed by atoms with Gasteiger partial charge < -0.3 is 20.0 Å². The lowest BCUT2D eigenvalue weighted by molar-refractivity contribution is 0.631. The van der Waals surface area contributed by atoms with Gasteiger partial charge in [0.05, 0.1) is 6.54 Å². The smallest absolute Gasteiger partial charge is 0.135 e. The Bertz CT molecular complexity index is 1590. The van der Waals surface area contributed by atoms with E-state index >= 15 is 0 Å². The molecule has 0 unspecified atom stereocenters. The second-order valence-corrected chi connectivity index (χ2v) is 8.69. The molecule has 5 aromatic rings. The van der Waals surface area contributed by atoms with Gasteiger partial charge in [-0.1, -0.05) is 48.5 Å². The first-order valence-electron chi connectivity index (χ1n) is 12.0. The van der Waals surface area contributed by atoms with Gasteiger partial charge >= 0.3 is 0 Å². The van der Waals surface area contributed by atoms with Crippen molar-refractivity contribution in [2.75, 3.05) is 26.7 Å². The quantitative estimate of drug-likeness (QED) is 0.236. The predicted octanol–water partition coefficient (Wildman–Crippen LogP) is 5.58. The molecule has 0 atom stereocenters. The van der Waals surface area contributed by atoms with Gasteiger partial charge in [0.1, 0.15) is 23.0 Å². The molecular weight excluding hydrogens is 434 g/mol. The summed E-state index contributed by atoms with van der Waals surface area (Å²) in [4.78, 5) is 12.4. The number of hydrogen-bond donors (Lipinski definition) is 3. The molecule has 0 radical (unpaired) electrons. The number of nitrogens with one attached hydrogen (secondary N) is 3. The van der Waals surface area contributed by atoms with Gasteiger partial charge in [0, 0.05) is 58.8 Å². The van der Waals surface area contributed by atoms with Crippen molar-refractivity contribution in [2.24, 2.45) is 9.98 Å². The monoisotopic (exact) mass is 461 g/mol. The molecule has 0 amide bonds. The van der Waals surface area contributed by atoms with Crippen LogP contribution in [-0.2, 0) is 0 Å². The number of amidine groups is 2. The van der Waals surface area contributed by atoms with Crippen LogP contribution in [0.5, 0.6) is 0 Å². The fourth-order valence-electron chi connectivity index (χ4n) is 4.63. The van der Waals surface area contributed by atoms with Gasteiger partial charge in [-0.25, -0.2) is 0 Å². The third kappa shape index (κ3) is 3.97. The fraction of sp³-hybridized carbons (Fsp3) is 0.172. The Kier molecular flexibility index (Phi) is 5.34. The van der Waals surface area contributed by atoms with Crippen molar-refractivity contribution < 1.29 is 4.42 Å². The van der Waals surface area contributed by atoms with Crippen molar-refractivity contribution in [3.05, 3.63) is 83.9 Å². The summed E-state index contributed by atoms with van der Waals surface area (Å²) in [5.74, 6) is 2.71. The molecular formula is C29H27N5O. The summed E-state index contributed by atoms with van der Waals surface area (Å²) >= 11 is 0. The SMILES string of the molecule is CCN/C(=N\C)c1ccc2cc(-c3ccc(-c4cc5ccc(C6=NCCN6)cc5o4)cc3)[nH]c2c1. The summed E-state index contributed by atoms with van der Waals surface area (Å²) in [5, 5.41) is 8.90. The number of H-pyrrole nitrogens is 1. The third-order valence-corrected chi connectivity index (χ3v) is 6.41. The van der Waals surface area contributed by atoms with Crippen LogP contribution in [0.3, 0.4) is 0 Å². The van der Waals surface area contributed by atoms with E-state index in [1.165, 1.54) is 5.39 Å². The first kappa shape index (κ1) is 21.2. The highest BCUT2D eigenvalue weighted by molar-refractivity contribution is 6.03. The van der Waals surface area contributed by atoms with Crippen molar-refractivity contribution >= 4 is 33.5 Å². The number of benzene rings is 3. The van der Waals surface area contributed by atoms with Gasteiger partial charge in [0.2, 0.25) is 0 Å². The van der Waals surface area contributed by atoms with Gasteiger partial charge in [-0.15, -0.1) is 0 Å². The minimum absolute atomic E-state index is 0.824. The van der Waals surface area contributed by atoms with E-state index in [2.05, 4.69) is 105 Å². The largest absolute Gasteiger partial charge is 0.456 e. The Labute approximate surface area is 203 Å². The number of hydrogen-bond acceptors (Lipinski definition) is 4. The number of aliphatic imine (C=N–C) groups is 2. The van der Waals surface area contributed by atoms with E-state index in [0.29, 0.717) is 0 Å². The molecule has 2 aromatic heterocycles. The van der Waals surface area contributed by atoms with Crippen molar-refractivity contribution in [1.29, 1.82) is 0 Å². The van der Waals surface area contributed by atoms with E-state index < -0.39 is 0 Å². The summed E-state index contributed by atoms with van der Waals surface area (Å²) in [6.07, 6.45) is 0. The standard InChI is InChI=1S/C29H27N5O/c1-3-31-28(30-2)22-10-8-20-14-24(34-25(20)15-22)18-4-6-19(7-5-18)26-16-21-9-11-23(17-27(21)35-26)29-32-12-13-33-29/h4-11,14-17,34H,3,12-13H2,1-2H3,(H,30,31)(H,32,33). The normalized spacial score (nSPS) is 13.9. The molecule has 35 heavy (non-hydrogen) atoms. The molecule has 6 heteroatoms. The molecule has 3 heterocycles. The van der Waals surface area contributed by atoms with E-state index in [1.54, 1.807) is 0 Å². The maximum Gasteiger partial charge on any atom is 0.135 e. The highest BCUT2D eigenvalue weighted by Crippen LogP contribution is 2.31. The van der Waals surface area contributed by atoms with Crippen molar-refractivity contribution in [2.45, 2.75) is 6.92 Å². The van der Waals surface area contributed by atoms with E-state index in [1.807, 2.05) is 7.05 Å². The Morgan fingerprint density at radius 2 is 1.74 bits per heavy atom. The number of fused-ring (bicyclic) bond motifs is 2. The fourth-order valence-corrected chi connectivity index (χ4v) is 4.63. The van der Waals surface area contributed by atoms with Crippen LogP contribution in [0.15, 0.2) is 87.2 Å². The molecule has 0 aliphatic carbocycles. The molecule has 6 nitrogen and oxygen atoms in total. The van der Waals surface area contributed by atoms with Crippen LogP contribution in [-0.4, -0.2) is 43.3 Å². The first-order chi connectivity index (χ1) is 17.2. The second kappa shape index (κ2) is 8.80. The summed E-state index contributed by atoms with van der Waals surface area (Å²) in [7, 11) is 1.81. The molecule has 174 valence electrons. The van der Waals surface area contributed by atoms with Crippen LogP contribution < -0.4 is 10.6 Å². The zero-order chi connectivity index (χ0) is 23.8. The van der Waals surface area contributed by atoms with Crippen LogP contribution in [0.2, 0.25) is 0 Å². The lowest BCUT2D eigenvalue weighted by Crippen LogP contribution is -2.23. The van der Waals surface area contributed by atoms with Crippen LogP contribution in [0.1, 0.15) is 18.1 Å². The molecule has 3 N–H and O–H groups in total. The zero-order valence-electron chi connectivity index (χ0n) is 19.9. The van der Waals surface area contributed by atoms with E-state index in [-0.39, 0.29) is 0 Å². The molecule has 0 fully saturated rings. The van der Waals surface area contributed by atoms with Gasteiger partial charge in [-0.2, -0.15) is 0 Å². The molecule has 0 spiro atoms. The Morgan fingerprint density at radius 3 is 2.51 bits per heavy atom. The number of aromatic nitrogens is 1. The van der Waals surface area contributed by atoms with E-state index in [9.17, 15) is 0 Å². The van der Waals surface area contributed by atoms with Gasteiger partial charge in [-0.3, -0.25) is 9.98 Å². The second-order valence-electron chi connectivity index (χ2n) is 8.69. The summed E-state index contributed by atoms with van der Waals surface area (Å²) in [6.45, 7) is 4.63. The Hall–Kier alpha value is -4.32. The molecule has 6 rings (SSSR count). The summed E-state index contributed by atoms with van der Waals surface area (Å²) in [5.41, 5.74) is 7.38. The van der Waals surface area contributed by atoms with Crippen LogP contribution in [0.25, 0.3) is 44.5 Å². The van der Waals surface area contributed by atoms with Gasteiger partial charge in [-0.05, 0) is 36.8 Å². The highest BCUT2D eigenvalue weighted by Gasteiger charge is 2.12. The number of nitrogens with zero attached hydrogens (tertiary/aromatic N) is 2. The van der Waals surface area contributed by atoms with Crippen molar-refractivity contribution in [3.63, 3.8) is 0 Å². The molecule has 1 aliphatic heterocycles. The first-order valence-corrected chi connectivity index (χ1v) is 12.0. The predicted molar refractivity (Wildman–Crippen MR) is 144 cm³/mol. The summed E-state index contributed by atoms with van der Waals surface area (Å²) in [6, 6.07) is 25.4. The average molecular weight is 462 g/mol. The maximum atomic E-state index is 6.21. The molecule has 0 saturated heterocycles. The van der Waals surface area contributed by atoms with Crippen molar-refractivity contribution in [1.82, 2.24) is 15.6 Å². The maximum absolute atomic E-state index is 6.21. The Balaban J connectivity index is 1.28. The summed E-state index contributed by atoms with van der Waals surface area (Å²) < 4.78 is 6.21. The van der Waals surface area contributed by atoms with Crippen LogP contribution >= 0.6 is 0 Å². The van der Waals surface area contributed by atoms with Crippen LogP contribution in [0.4, 0.5) is 0 Å². The third-order valence-electron chi connectivity index (χ3n) is 6.41. The van der Waals surface area contributed by atoms with E-state index in [0.717, 1.165) is 81.5 Å². The number of aromatic amines is 1. The minimum Gasteiger partial charge on any atom is -0.456 e. The Morgan fingerprint density at radius 1 is 0.943 bits per heavy atom. The van der Waals surface area contributed by atoms with E-state index in [4.69, 9.17) is 4.42 Å². The molecule has 3 aromatic carbocycles. The molecule has 0 saturated carbocycles. The number of furan rings is 1. The topological polar surface area (TPSA) is 77.7 Å². The van der Waals surface area contributed by atoms with Gasteiger partial charge in [0.25, 0.3) is 0 Å². The van der Waals surface area contributed by atoms with Crippen molar-refractivity contribution in [3.8, 4) is 22.6 Å². The highest BCUT2D eigenvalue weighted by atomic mass is 16.3. The molecule has 0 bridgehead atoms. The van der Waals surface area contributed by atoms with Crippen LogP contribution in [0, 0.1) is 0 Å². The lowest BCUT2D eigenvalue weighted by Gasteiger charge is -2.07. The van der Waals surface area contributed by atoms with Gasteiger partial charge in [0.15, 0.2) is 0 Å². The zero-order valence-corrected chi connectivity index (χ0v) is 19.9. The molecule has 1 aliphatic rings.